The molecule has 0 aromatic carbocycles. The van der Waals surface area contributed by atoms with Crippen LogP contribution in [0.2, 0.25) is 0 Å². The summed E-state index contributed by atoms with van der Waals surface area (Å²) >= 11 is 2.03. The van der Waals surface area contributed by atoms with E-state index in [1.165, 1.54) is 17.7 Å². The molecule has 0 saturated carbocycles. The first-order valence-corrected chi connectivity index (χ1v) is 8.14. The minimum absolute atomic E-state index is 0.142. The Kier molecular flexibility index (Phi) is 4.05. The Morgan fingerprint density at radius 2 is 2.47 bits per heavy atom. The van der Waals surface area contributed by atoms with Gasteiger partial charge in [0, 0.05) is 24.6 Å². The van der Waals surface area contributed by atoms with Crippen LogP contribution in [0.3, 0.4) is 0 Å². The number of ether oxygens (including phenoxy) is 1. The molecule has 1 spiro atoms. The highest BCUT2D eigenvalue weighted by atomic mass is 32.2. The SMILES string of the molecule is CNC(c1ccnnc1)C1CCOC2(CCSC2)C1. The Bertz CT molecular complexity index is 408. The van der Waals surface area contributed by atoms with Gasteiger partial charge in [-0.3, -0.25) is 0 Å². The maximum absolute atomic E-state index is 6.11. The number of aromatic nitrogens is 2. The van der Waals surface area contributed by atoms with E-state index in [0.717, 1.165) is 25.2 Å². The van der Waals surface area contributed by atoms with Gasteiger partial charge in [-0.1, -0.05) is 0 Å². The molecule has 3 heterocycles. The minimum Gasteiger partial charge on any atom is -0.374 e. The van der Waals surface area contributed by atoms with E-state index in [9.17, 15) is 0 Å². The molecule has 19 heavy (non-hydrogen) atoms. The average molecular weight is 279 g/mol. The maximum atomic E-state index is 6.11. The zero-order chi connectivity index (χ0) is 13.1. The van der Waals surface area contributed by atoms with Gasteiger partial charge in [0.05, 0.1) is 11.8 Å². The van der Waals surface area contributed by atoms with Crippen molar-refractivity contribution in [2.45, 2.75) is 30.9 Å². The zero-order valence-corrected chi connectivity index (χ0v) is 12.2. The van der Waals surface area contributed by atoms with Gasteiger partial charge in [-0.05, 0) is 49.6 Å². The van der Waals surface area contributed by atoms with E-state index < -0.39 is 0 Å². The summed E-state index contributed by atoms with van der Waals surface area (Å²) in [6.07, 6.45) is 7.15. The van der Waals surface area contributed by atoms with Crippen molar-refractivity contribution in [2.75, 3.05) is 25.2 Å². The van der Waals surface area contributed by atoms with Crippen LogP contribution in [0.5, 0.6) is 0 Å². The molecule has 0 radical (unpaired) electrons. The highest BCUT2D eigenvalue weighted by Gasteiger charge is 2.42. The normalized spacial score (nSPS) is 32.6. The van der Waals surface area contributed by atoms with Crippen molar-refractivity contribution >= 4 is 11.8 Å². The molecule has 3 unspecified atom stereocenters. The lowest BCUT2D eigenvalue weighted by molar-refractivity contribution is -0.0850. The van der Waals surface area contributed by atoms with Gasteiger partial charge in [-0.15, -0.1) is 0 Å². The highest BCUT2D eigenvalue weighted by molar-refractivity contribution is 7.99. The van der Waals surface area contributed by atoms with Crippen LogP contribution in [0.25, 0.3) is 0 Å². The molecule has 2 aliphatic rings. The van der Waals surface area contributed by atoms with Crippen molar-refractivity contribution in [1.82, 2.24) is 15.5 Å². The van der Waals surface area contributed by atoms with Gasteiger partial charge >= 0.3 is 0 Å². The van der Waals surface area contributed by atoms with E-state index in [2.05, 4.69) is 21.6 Å². The van der Waals surface area contributed by atoms with Crippen molar-refractivity contribution in [3.63, 3.8) is 0 Å². The molecular formula is C14H21N3OS. The van der Waals surface area contributed by atoms with Gasteiger partial charge in [0.25, 0.3) is 0 Å². The maximum Gasteiger partial charge on any atom is 0.0783 e. The molecule has 0 bridgehead atoms. The lowest BCUT2D eigenvalue weighted by Crippen LogP contribution is -2.43. The largest absolute Gasteiger partial charge is 0.374 e. The molecule has 5 heteroatoms. The highest BCUT2D eigenvalue weighted by Crippen LogP contribution is 2.43. The zero-order valence-electron chi connectivity index (χ0n) is 11.3. The summed E-state index contributed by atoms with van der Waals surface area (Å²) in [5.74, 6) is 3.03. The van der Waals surface area contributed by atoms with Gasteiger partial charge in [-0.2, -0.15) is 22.0 Å². The van der Waals surface area contributed by atoms with E-state index in [-0.39, 0.29) is 5.60 Å². The van der Waals surface area contributed by atoms with Crippen LogP contribution in [0.4, 0.5) is 0 Å². The summed E-state index contributed by atoms with van der Waals surface area (Å²) in [6.45, 7) is 0.891. The number of rotatable bonds is 3. The molecule has 1 aromatic heterocycles. The lowest BCUT2D eigenvalue weighted by Gasteiger charge is -2.41. The van der Waals surface area contributed by atoms with Crippen LogP contribution < -0.4 is 5.32 Å². The molecule has 0 aliphatic carbocycles. The third-order valence-electron chi connectivity index (χ3n) is 4.35. The van der Waals surface area contributed by atoms with Crippen molar-refractivity contribution < 1.29 is 4.74 Å². The first-order chi connectivity index (χ1) is 9.33. The number of hydrogen-bond acceptors (Lipinski definition) is 5. The van der Waals surface area contributed by atoms with Gasteiger partial charge in [0.1, 0.15) is 0 Å². The second-order valence-electron chi connectivity index (χ2n) is 5.53. The number of thioether (sulfide) groups is 1. The quantitative estimate of drug-likeness (QED) is 0.917. The standard InChI is InChI=1S/C14H21N3OS/c1-15-13(12-2-5-16-17-9-12)11-3-6-18-14(8-11)4-7-19-10-14/h2,5,9,11,13,15H,3-4,6-8,10H2,1H3. The molecular weight excluding hydrogens is 258 g/mol. The van der Waals surface area contributed by atoms with Crippen LogP contribution in [-0.4, -0.2) is 41.0 Å². The van der Waals surface area contributed by atoms with Crippen molar-refractivity contribution in [2.24, 2.45) is 5.92 Å². The number of nitrogens with one attached hydrogen (secondary N) is 1. The van der Waals surface area contributed by atoms with E-state index >= 15 is 0 Å². The lowest BCUT2D eigenvalue weighted by atomic mass is 9.79. The molecule has 0 amide bonds. The topological polar surface area (TPSA) is 47.0 Å². The molecule has 2 saturated heterocycles. The van der Waals surface area contributed by atoms with E-state index in [1.807, 2.05) is 25.0 Å². The Labute approximate surface area is 118 Å². The van der Waals surface area contributed by atoms with Gasteiger partial charge in [-0.25, -0.2) is 0 Å². The summed E-state index contributed by atoms with van der Waals surface area (Å²) < 4.78 is 6.11. The summed E-state index contributed by atoms with van der Waals surface area (Å²) in [6, 6.07) is 2.43. The number of hydrogen-bond donors (Lipinski definition) is 1. The predicted molar refractivity (Wildman–Crippen MR) is 77.2 cm³/mol. The van der Waals surface area contributed by atoms with Crippen LogP contribution in [0.1, 0.15) is 30.9 Å². The second kappa shape index (κ2) is 5.77. The number of nitrogens with zero attached hydrogens (tertiary/aromatic N) is 2. The summed E-state index contributed by atoms with van der Waals surface area (Å²) in [4.78, 5) is 0. The predicted octanol–water partition coefficient (Wildman–Crippen LogP) is 2.04. The minimum atomic E-state index is 0.142. The van der Waals surface area contributed by atoms with Gasteiger partial charge < -0.3 is 10.1 Å². The summed E-state index contributed by atoms with van der Waals surface area (Å²) in [5, 5.41) is 11.3. The fourth-order valence-corrected chi connectivity index (χ4v) is 4.75. The first kappa shape index (κ1) is 13.3. The fraction of sp³-hybridized carbons (Fsp3) is 0.714. The Morgan fingerprint density at radius 3 is 3.16 bits per heavy atom. The molecule has 104 valence electrons. The van der Waals surface area contributed by atoms with Crippen LogP contribution in [0.15, 0.2) is 18.5 Å². The fourth-order valence-electron chi connectivity index (χ4n) is 3.37. The average Bonchev–Trinajstić information content (AvgIpc) is 2.89. The monoisotopic (exact) mass is 279 g/mol. The molecule has 4 nitrogen and oxygen atoms in total. The summed E-state index contributed by atoms with van der Waals surface area (Å²) in [7, 11) is 2.04. The van der Waals surface area contributed by atoms with Crippen LogP contribution >= 0.6 is 11.8 Å². The third kappa shape index (κ3) is 2.78. The van der Waals surface area contributed by atoms with Gasteiger partial charge in [0.2, 0.25) is 0 Å². The van der Waals surface area contributed by atoms with E-state index in [1.54, 1.807) is 6.20 Å². The van der Waals surface area contributed by atoms with Crippen molar-refractivity contribution in [3.05, 3.63) is 24.0 Å². The van der Waals surface area contributed by atoms with Crippen molar-refractivity contribution in [3.8, 4) is 0 Å². The third-order valence-corrected chi connectivity index (χ3v) is 5.57. The Balaban J connectivity index is 1.76. The smallest absolute Gasteiger partial charge is 0.0783 e. The first-order valence-electron chi connectivity index (χ1n) is 6.99. The second-order valence-corrected chi connectivity index (χ2v) is 6.63. The Hall–Kier alpha value is -0.650. The molecule has 3 rings (SSSR count). The molecule has 1 aromatic rings. The van der Waals surface area contributed by atoms with Crippen LogP contribution in [-0.2, 0) is 4.74 Å². The van der Waals surface area contributed by atoms with Crippen LogP contribution in [0, 0.1) is 5.92 Å². The van der Waals surface area contributed by atoms with E-state index in [4.69, 9.17) is 4.74 Å². The van der Waals surface area contributed by atoms with E-state index in [0.29, 0.717) is 12.0 Å². The molecule has 2 fully saturated rings. The van der Waals surface area contributed by atoms with Crippen molar-refractivity contribution in [1.29, 1.82) is 0 Å². The molecule has 1 N–H and O–H groups in total. The Morgan fingerprint density at radius 1 is 1.53 bits per heavy atom. The molecule has 3 atom stereocenters. The van der Waals surface area contributed by atoms with Gasteiger partial charge in [0.15, 0.2) is 0 Å². The summed E-state index contributed by atoms with van der Waals surface area (Å²) in [5.41, 5.74) is 1.38. The molecule has 2 aliphatic heterocycles.